The molecule has 22 heavy (non-hydrogen) atoms. The van der Waals surface area contributed by atoms with Gasteiger partial charge in [-0.1, -0.05) is 23.8 Å². The fraction of sp³-hybridized carbons (Fsp3) is 0.118. The number of hydrogen-bond acceptors (Lipinski definition) is 4. The van der Waals surface area contributed by atoms with Crippen LogP contribution in [-0.4, -0.2) is 18.5 Å². The molecular weight excluding hydrogens is 280 g/mol. The third-order valence-corrected chi connectivity index (χ3v) is 2.90. The van der Waals surface area contributed by atoms with Crippen LogP contribution in [0.5, 0.6) is 0 Å². The molecule has 0 bridgehead atoms. The molecule has 0 saturated heterocycles. The number of hydrogen-bond donors (Lipinski definition) is 1. The highest BCUT2D eigenvalue weighted by Gasteiger charge is 2.10. The Balaban J connectivity index is 1.89. The number of ether oxygens (including phenoxy) is 1. The van der Waals surface area contributed by atoms with Gasteiger partial charge < -0.3 is 10.1 Å². The molecular formula is C17H14N2O3. The highest BCUT2D eigenvalue weighted by atomic mass is 16.5. The lowest BCUT2D eigenvalue weighted by molar-refractivity contribution is -0.119. The molecule has 2 rings (SSSR count). The van der Waals surface area contributed by atoms with Crippen molar-refractivity contribution in [3.8, 4) is 6.07 Å². The fourth-order valence-electron chi connectivity index (χ4n) is 1.76. The van der Waals surface area contributed by atoms with E-state index in [2.05, 4.69) is 5.32 Å². The van der Waals surface area contributed by atoms with Crippen molar-refractivity contribution in [3.63, 3.8) is 0 Å². The summed E-state index contributed by atoms with van der Waals surface area (Å²) in [6.07, 6.45) is 0. The Morgan fingerprint density at radius 1 is 1.18 bits per heavy atom. The molecule has 0 unspecified atom stereocenters. The number of benzene rings is 2. The van der Waals surface area contributed by atoms with Gasteiger partial charge in [0, 0.05) is 5.69 Å². The summed E-state index contributed by atoms with van der Waals surface area (Å²) in [5, 5.41) is 11.4. The normalized spacial score (nSPS) is 9.64. The molecule has 5 nitrogen and oxygen atoms in total. The van der Waals surface area contributed by atoms with Gasteiger partial charge in [0.2, 0.25) is 0 Å². The highest BCUT2D eigenvalue weighted by Crippen LogP contribution is 2.09. The van der Waals surface area contributed by atoms with Crippen molar-refractivity contribution in [1.29, 1.82) is 5.26 Å². The van der Waals surface area contributed by atoms with Gasteiger partial charge >= 0.3 is 5.97 Å². The third-order valence-electron chi connectivity index (χ3n) is 2.90. The molecule has 0 atom stereocenters. The Morgan fingerprint density at radius 3 is 2.59 bits per heavy atom. The molecule has 0 aromatic heterocycles. The number of esters is 1. The topological polar surface area (TPSA) is 79.2 Å². The molecule has 0 radical (unpaired) electrons. The van der Waals surface area contributed by atoms with E-state index in [0.29, 0.717) is 11.3 Å². The van der Waals surface area contributed by atoms with Gasteiger partial charge in [-0.2, -0.15) is 5.26 Å². The Hall–Kier alpha value is -3.13. The van der Waals surface area contributed by atoms with Crippen LogP contribution in [-0.2, 0) is 9.53 Å². The number of nitrogens with zero attached hydrogens (tertiary/aromatic N) is 1. The van der Waals surface area contributed by atoms with Crippen LogP contribution < -0.4 is 5.32 Å². The number of rotatable bonds is 4. The minimum Gasteiger partial charge on any atom is -0.452 e. The Bertz CT molecular complexity index is 730. The Morgan fingerprint density at radius 2 is 1.91 bits per heavy atom. The Labute approximate surface area is 128 Å². The zero-order chi connectivity index (χ0) is 15.9. The van der Waals surface area contributed by atoms with Gasteiger partial charge in [-0.15, -0.1) is 0 Å². The van der Waals surface area contributed by atoms with Crippen LogP contribution in [0.3, 0.4) is 0 Å². The van der Waals surface area contributed by atoms with Gasteiger partial charge in [-0.05, 0) is 37.3 Å². The molecule has 0 aliphatic heterocycles. The maximum Gasteiger partial charge on any atom is 0.338 e. The van der Waals surface area contributed by atoms with Crippen LogP contribution in [0.2, 0.25) is 0 Å². The summed E-state index contributed by atoms with van der Waals surface area (Å²) in [6.45, 7) is 1.56. The molecule has 2 aromatic carbocycles. The lowest BCUT2D eigenvalue weighted by atomic mass is 10.1. The average Bonchev–Trinajstić information content (AvgIpc) is 2.55. The van der Waals surface area contributed by atoms with Gasteiger partial charge in [-0.3, -0.25) is 4.79 Å². The minimum atomic E-state index is -0.642. The van der Waals surface area contributed by atoms with Crippen LogP contribution in [0.15, 0.2) is 48.5 Å². The van der Waals surface area contributed by atoms with E-state index in [1.807, 2.05) is 25.1 Å². The monoisotopic (exact) mass is 294 g/mol. The second-order valence-corrected chi connectivity index (χ2v) is 4.68. The van der Waals surface area contributed by atoms with Gasteiger partial charge in [0.1, 0.15) is 0 Å². The molecule has 0 aliphatic rings. The maximum atomic E-state index is 11.8. The number of carbonyl (C=O) groups is 2. The van der Waals surface area contributed by atoms with Crippen molar-refractivity contribution >= 4 is 17.6 Å². The molecule has 2 aromatic rings. The summed E-state index contributed by atoms with van der Waals surface area (Å²) in [5.41, 5.74) is 2.32. The summed E-state index contributed by atoms with van der Waals surface area (Å²) in [5.74, 6) is -1.07. The van der Waals surface area contributed by atoms with Crippen molar-refractivity contribution in [2.75, 3.05) is 11.9 Å². The van der Waals surface area contributed by atoms with Gasteiger partial charge in [0.25, 0.3) is 5.91 Å². The second kappa shape index (κ2) is 7.04. The predicted octanol–water partition coefficient (Wildman–Crippen LogP) is 2.66. The molecule has 0 fully saturated rings. The van der Waals surface area contributed by atoms with Crippen LogP contribution in [0, 0.1) is 18.3 Å². The summed E-state index contributed by atoms with van der Waals surface area (Å²) < 4.78 is 4.92. The Kier molecular flexibility index (Phi) is 4.89. The molecule has 110 valence electrons. The highest BCUT2D eigenvalue weighted by molar-refractivity contribution is 5.95. The molecule has 0 aliphatic carbocycles. The minimum absolute atomic E-state index is 0.238. The van der Waals surface area contributed by atoms with E-state index in [4.69, 9.17) is 10.00 Å². The van der Waals surface area contributed by atoms with Crippen LogP contribution in [0.1, 0.15) is 21.5 Å². The van der Waals surface area contributed by atoms with E-state index in [-0.39, 0.29) is 12.2 Å². The summed E-state index contributed by atoms with van der Waals surface area (Å²) in [7, 11) is 0. The SMILES string of the molecule is Cc1ccc(NC(=O)COC(=O)c2cccc(C#N)c2)cc1. The van der Waals surface area contributed by atoms with Crippen molar-refractivity contribution in [1.82, 2.24) is 0 Å². The number of nitrogens with one attached hydrogen (secondary N) is 1. The number of aryl methyl sites for hydroxylation is 1. The van der Waals surface area contributed by atoms with Crippen molar-refractivity contribution in [3.05, 3.63) is 65.2 Å². The first-order chi connectivity index (χ1) is 10.6. The smallest absolute Gasteiger partial charge is 0.338 e. The number of amides is 1. The van der Waals surface area contributed by atoms with E-state index in [1.54, 1.807) is 24.3 Å². The molecule has 1 amide bonds. The molecule has 0 heterocycles. The summed E-state index contributed by atoms with van der Waals surface area (Å²) >= 11 is 0. The summed E-state index contributed by atoms with van der Waals surface area (Å²) in [4.78, 5) is 23.5. The maximum absolute atomic E-state index is 11.8. The molecule has 0 saturated carbocycles. The van der Waals surface area contributed by atoms with Crippen molar-refractivity contribution < 1.29 is 14.3 Å². The first kappa shape index (κ1) is 15.3. The van der Waals surface area contributed by atoms with Crippen molar-refractivity contribution in [2.24, 2.45) is 0 Å². The quantitative estimate of drug-likeness (QED) is 0.879. The largest absolute Gasteiger partial charge is 0.452 e. The zero-order valence-electron chi connectivity index (χ0n) is 12.0. The molecule has 1 N–H and O–H groups in total. The number of anilines is 1. The fourth-order valence-corrected chi connectivity index (χ4v) is 1.76. The first-order valence-corrected chi connectivity index (χ1v) is 6.62. The van der Waals surface area contributed by atoms with Gasteiger partial charge in [0.05, 0.1) is 17.2 Å². The number of carbonyl (C=O) groups excluding carboxylic acids is 2. The van der Waals surface area contributed by atoms with E-state index in [9.17, 15) is 9.59 Å². The lowest BCUT2D eigenvalue weighted by Gasteiger charge is -2.07. The first-order valence-electron chi connectivity index (χ1n) is 6.62. The van der Waals surface area contributed by atoms with Gasteiger partial charge in [0.15, 0.2) is 6.61 Å². The molecule has 0 spiro atoms. The summed E-state index contributed by atoms with van der Waals surface area (Å²) in [6, 6.07) is 15.3. The zero-order valence-corrected chi connectivity index (χ0v) is 12.0. The van der Waals surface area contributed by atoms with Crippen LogP contribution >= 0.6 is 0 Å². The van der Waals surface area contributed by atoms with Gasteiger partial charge in [-0.25, -0.2) is 4.79 Å². The van der Waals surface area contributed by atoms with E-state index < -0.39 is 11.9 Å². The third kappa shape index (κ3) is 4.18. The number of nitriles is 1. The molecule has 5 heteroatoms. The van der Waals surface area contributed by atoms with Crippen LogP contribution in [0.4, 0.5) is 5.69 Å². The van der Waals surface area contributed by atoms with E-state index in [0.717, 1.165) is 5.56 Å². The predicted molar refractivity (Wildman–Crippen MR) is 81.2 cm³/mol. The van der Waals surface area contributed by atoms with E-state index in [1.165, 1.54) is 12.1 Å². The van der Waals surface area contributed by atoms with Crippen LogP contribution in [0.25, 0.3) is 0 Å². The van der Waals surface area contributed by atoms with Crippen molar-refractivity contribution in [2.45, 2.75) is 6.92 Å². The second-order valence-electron chi connectivity index (χ2n) is 4.68. The average molecular weight is 294 g/mol. The lowest BCUT2D eigenvalue weighted by Crippen LogP contribution is -2.20. The van der Waals surface area contributed by atoms with E-state index >= 15 is 0 Å². The standard InChI is InChI=1S/C17H14N2O3/c1-12-5-7-15(8-6-12)19-16(20)11-22-17(21)14-4-2-3-13(9-14)10-18/h2-9H,11H2,1H3,(H,19,20).